The summed E-state index contributed by atoms with van der Waals surface area (Å²) in [6.07, 6.45) is -4.81. The number of aromatic nitrogens is 1. The number of amides is 1. The Labute approximate surface area is 120 Å². The number of alkyl halides is 3. The largest absolute Gasteiger partial charge is 0.471 e. The third-order valence-electron chi connectivity index (χ3n) is 3.08. The summed E-state index contributed by atoms with van der Waals surface area (Å²) in [7, 11) is 0. The highest BCUT2D eigenvalue weighted by atomic mass is 19.4. The summed E-state index contributed by atoms with van der Waals surface area (Å²) in [6.45, 7) is 6.19. The van der Waals surface area contributed by atoms with E-state index in [1.807, 2.05) is 20.8 Å². The summed E-state index contributed by atoms with van der Waals surface area (Å²) in [4.78, 5) is 17.0. The minimum Gasteiger partial charge on any atom is -0.471 e. The molecule has 116 valence electrons. The Morgan fingerprint density at radius 1 is 1.29 bits per heavy atom. The van der Waals surface area contributed by atoms with Crippen LogP contribution in [0.5, 0.6) is 5.88 Å². The van der Waals surface area contributed by atoms with Crippen LogP contribution in [0.2, 0.25) is 0 Å². The van der Waals surface area contributed by atoms with Crippen LogP contribution in [-0.4, -0.2) is 35.0 Å². The lowest BCUT2D eigenvalue weighted by Gasteiger charge is -2.41. The van der Waals surface area contributed by atoms with Crippen LogP contribution in [0.4, 0.5) is 13.2 Å². The van der Waals surface area contributed by atoms with Gasteiger partial charge in [0.05, 0.1) is 13.1 Å². The molecule has 0 atom stereocenters. The average Bonchev–Trinajstić information content (AvgIpc) is 2.30. The minimum atomic E-state index is -4.49. The molecule has 1 saturated heterocycles. The van der Waals surface area contributed by atoms with Crippen molar-refractivity contribution in [1.29, 1.82) is 0 Å². The normalized spacial score (nSPS) is 16.6. The van der Waals surface area contributed by atoms with Crippen molar-refractivity contribution in [2.75, 3.05) is 13.1 Å². The molecule has 2 heterocycles. The van der Waals surface area contributed by atoms with Crippen molar-refractivity contribution < 1.29 is 22.7 Å². The number of ether oxygens (including phenoxy) is 1. The van der Waals surface area contributed by atoms with Crippen LogP contribution >= 0.6 is 0 Å². The molecule has 1 fully saturated rings. The molecule has 2 rings (SSSR count). The molecule has 4 nitrogen and oxygen atoms in total. The van der Waals surface area contributed by atoms with Gasteiger partial charge >= 0.3 is 6.18 Å². The number of likely N-dealkylation sites (tertiary alicyclic amines) is 1. The number of rotatable bonds is 2. The molecule has 0 spiro atoms. The lowest BCUT2D eigenvalue weighted by atomic mass is 9.93. The molecule has 1 aliphatic rings. The highest BCUT2D eigenvalue weighted by Gasteiger charge is 2.38. The summed E-state index contributed by atoms with van der Waals surface area (Å²) in [6, 6.07) is 3.52. The molecule has 21 heavy (non-hydrogen) atoms. The number of carbonyl (C=O) groups is 1. The van der Waals surface area contributed by atoms with E-state index >= 15 is 0 Å². The molecule has 1 aliphatic heterocycles. The Bertz CT molecular complexity index is 532. The molecule has 0 saturated carbocycles. The van der Waals surface area contributed by atoms with Crippen LogP contribution < -0.4 is 4.74 Å². The molecule has 1 aromatic rings. The van der Waals surface area contributed by atoms with Gasteiger partial charge in [0, 0.05) is 11.5 Å². The Hall–Kier alpha value is -1.79. The number of hydrogen-bond donors (Lipinski definition) is 0. The molecule has 1 aromatic heterocycles. The summed E-state index contributed by atoms with van der Waals surface area (Å²) in [5.41, 5.74) is -1.46. The Balaban J connectivity index is 1.93. The molecule has 0 bridgehead atoms. The van der Waals surface area contributed by atoms with Gasteiger partial charge in [-0.2, -0.15) is 13.2 Å². The van der Waals surface area contributed by atoms with Gasteiger partial charge in [0.25, 0.3) is 0 Å². The zero-order valence-corrected chi connectivity index (χ0v) is 12.1. The van der Waals surface area contributed by atoms with Crippen molar-refractivity contribution in [1.82, 2.24) is 9.88 Å². The Morgan fingerprint density at radius 2 is 1.90 bits per heavy atom. The van der Waals surface area contributed by atoms with Crippen molar-refractivity contribution in [3.63, 3.8) is 0 Å². The zero-order valence-electron chi connectivity index (χ0n) is 12.1. The lowest BCUT2D eigenvalue weighted by molar-refractivity contribution is -0.148. The van der Waals surface area contributed by atoms with Crippen molar-refractivity contribution >= 4 is 5.91 Å². The standard InChI is InChI=1S/C14H17F3N2O2/c1-13(2,3)12(20)19-7-9(8-19)21-11-6-4-5-10(18-11)14(15,16)17/h4-6,9H,7-8H2,1-3H3. The van der Waals surface area contributed by atoms with Gasteiger partial charge in [-0.3, -0.25) is 4.79 Å². The van der Waals surface area contributed by atoms with Crippen molar-refractivity contribution in [3.8, 4) is 5.88 Å². The molecule has 0 radical (unpaired) electrons. The van der Waals surface area contributed by atoms with Gasteiger partial charge in [0.15, 0.2) is 0 Å². The van der Waals surface area contributed by atoms with E-state index in [0.717, 1.165) is 6.07 Å². The first-order chi connectivity index (χ1) is 9.57. The maximum atomic E-state index is 12.5. The van der Waals surface area contributed by atoms with Crippen LogP contribution in [0.15, 0.2) is 18.2 Å². The Kier molecular flexibility index (Phi) is 3.86. The third kappa shape index (κ3) is 3.65. The van der Waals surface area contributed by atoms with Crippen LogP contribution in [0, 0.1) is 5.41 Å². The van der Waals surface area contributed by atoms with E-state index in [9.17, 15) is 18.0 Å². The molecule has 1 amide bonds. The smallest absolute Gasteiger partial charge is 0.433 e. The summed E-state index contributed by atoms with van der Waals surface area (Å²) >= 11 is 0. The van der Waals surface area contributed by atoms with Crippen molar-refractivity contribution in [2.45, 2.75) is 33.1 Å². The maximum Gasteiger partial charge on any atom is 0.433 e. The fourth-order valence-corrected chi connectivity index (χ4v) is 1.96. The van der Waals surface area contributed by atoms with E-state index in [1.54, 1.807) is 4.90 Å². The number of halogens is 3. The molecular weight excluding hydrogens is 285 g/mol. The second-order valence-electron chi connectivity index (χ2n) is 6.06. The van der Waals surface area contributed by atoms with E-state index in [1.165, 1.54) is 12.1 Å². The predicted molar refractivity (Wildman–Crippen MR) is 69.7 cm³/mol. The van der Waals surface area contributed by atoms with Gasteiger partial charge in [-0.1, -0.05) is 26.8 Å². The topological polar surface area (TPSA) is 42.4 Å². The highest BCUT2D eigenvalue weighted by Crippen LogP contribution is 2.29. The molecule has 0 aromatic carbocycles. The molecule has 0 N–H and O–H groups in total. The van der Waals surface area contributed by atoms with E-state index in [2.05, 4.69) is 4.98 Å². The second-order valence-corrected chi connectivity index (χ2v) is 6.06. The van der Waals surface area contributed by atoms with E-state index < -0.39 is 17.3 Å². The van der Waals surface area contributed by atoms with E-state index in [4.69, 9.17) is 4.74 Å². The highest BCUT2D eigenvalue weighted by molar-refractivity contribution is 5.82. The maximum absolute atomic E-state index is 12.5. The van der Waals surface area contributed by atoms with Gasteiger partial charge in [-0.05, 0) is 6.07 Å². The molecule has 0 aliphatic carbocycles. The molecule has 0 unspecified atom stereocenters. The number of pyridine rings is 1. The number of hydrogen-bond acceptors (Lipinski definition) is 3. The van der Waals surface area contributed by atoms with Crippen LogP contribution in [0.1, 0.15) is 26.5 Å². The van der Waals surface area contributed by atoms with Gasteiger partial charge in [-0.25, -0.2) is 4.98 Å². The molecule has 7 heteroatoms. The quantitative estimate of drug-likeness (QED) is 0.843. The predicted octanol–water partition coefficient (Wildman–Crippen LogP) is 2.74. The SMILES string of the molecule is CC(C)(C)C(=O)N1CC(Oc2cccc(C(F)(F)F)n2)C1. The summed E-state index contributed by atoms with van der Waals surface area (Å²) < 4.78 is 43.0. The van der Waals surface area contributed by atoms with Gasteiger partial charge in [0.1, 0.15) is 11.8 Å². The van der Waals surface area contributed by atoms with Gasteiger partial charge in [-0.15, -0.1) is 0 Å². The molecular formula is C14H17F3N2O2. The van der Waals surface area contributed by atoms with Crippen LogP contribution in [0.3, 0.4) is 0 Å². The van der Waals surface area contributed by atoms with Gasteiger partial charge in [0.2, 0.25) is 11.8 Å². The van der Waals surface area contributed by atoms with Crippen LogP contribution in [0.25, 0.3) is 0 Å². The Morgan fingerprint density at radius 3 is 2.43 bits per heavy atom. The first-order valence-electron chi connectivity index (χ1n) is 6.57. The summed E-state index contributed by atoms with van der Waals surface area (Å²) in [5, 5.41) is 0. The fraction of sp³-hybridized carbons (Fsp3) is 0.571. The first kappa shape index (κ1) is 15.6. The third-order valence-corrected chi connectivity index (χ3v) is 3.08. The second kappa shape index (κ2) is 5.20. The summed E-state index contributed by atoms with van der Waals surface area (Å²) in [5.74, 6) is -0.0722. The zero-order chi connectivity index (χ0) is 15.8. The van der Waals surface area contributed by atoms with E-state index in [-0.39, 0.29) is 17.9 Å². The van der Waals surface area contributed by atoms with Crippen molar-refractivity contribution in [2.24, 2.45) is 5.41 Å². The fourth-order valence-electron chi connectivity index (χ4n) is 1.96. The average molecular weight is 302 g/mol. The van der Waals surface area contributed by atoms with Gasteiger partial charge < -0.3 is 9.64 Å². The number of nitrogens with zero attached hydrogens (tertiary/aromatic N) is 2. The van der Waals surface area contributed by atoms with Crippen molar-refractivity contribution in [3.05, 3.63) is 23.9 Å². The lowest BCUT2D eigenvalue weighted by Crippen LogP contribution is -2.58. The minimum absolute atomic E-state index is 0.000601. The van der Waals surface area contributed by atoms with Crippen LogP contribution in [-0.2, 0) is 11.0 Å². The monoisotopic (exact) mass is 302 g/mol. The number of carbonyl (C=O) groups excluding carboxylic acids is 1. The van der Waals surface area contributed by atoms with E-state index in [0.29, 0.717) is 13.1 Å². The first-order valence-corrected chi connectivity index (χ1v) is 6.57.